The molecule has 0 fully saturated rings. The predicted molar refractivity (Wildman–Crippen MR) is 24.0 cm³/mol. The van der Waals surface area contributed by atoms with Crippen molar-refractivity contribution in [3.63, 3.8) is 0 Å². The van der Waals surface area contributed by atoms with Gasteiger partial charge in [-0.05, 0) is 0 Å². The molecule has 0 amide bonds. The van der Waals surface area contributed by atoms with Gasteiger partial charge >= 0.3 is 0 Å². The lowest BCUT2D eigenvalue weighted by atomic mass is 11.8. The molecule has 0 rings (SSSR count). The van der Waals surface area contributed by atoms with Gasteiger partial charge in [-0.2, -0.15) is 9.90 Å². The Morgan fingerprint density at radius 3 is 1.75 bits per heavy atom. The second kappa shape index (κ2) is 9.36. The fourth-order valence-corrected chi connectivity index (χ4v) is 0. The van der Waals surface area contributed by atoms with E-state index in [-0.39, 0.29) is 9.90 Å². The number of hydrogen-bond donors (Lipinski definition) is 0. The summed E-state index contributed by atoms with van der Waals surface area (Å²) in [6.07, 6.45) is 0. The van der Waals surface area contributed by atoms with Gasteiger partial charge < -0.3 is 0 Å². The highest BCUT2D eigenvalue weighted by atomic mass is 35.5. The van der Waals surface area contributed by atoms with Crippen LogP contribution in [0, 0.1) is 0 Å². The molecule has 1 atom stereocenters. The first-order valence-electron chi connectivity index (χ1n) is 0.563. The van der Waals surface area contributed by atoms with E-state index in [0.717, 1.165) is 0 Å². The summed E-state index contributed by atoms with van der Waals surface area (Å²) in [5, 5.41) is 0. The van der Waals surface area contributed by atoms with E-state index >= 15 is 0 Å². The van der Waals surface area contributed by atoms with Gasteiger partial charge in [0.1, 0.15) is 0 Å². The van der Waals surface area contributed by atoms with Gasteiger partial charge in [0.2, 0.25) is 0 Å². The molecule has 0 aliphatic heterocycles. The highest BCUT2D eigenvalue weighted by Crippen LogP contribution is 1.59. The maximum atomic E-state index is 4.50. The quantitative estimate of drug-likeness (QED) is 0.410. The zero-order valence-corrected chi connectivity index (χ0v) is 4.66. The molecule has 0 aromatic rings. The summed E-state index contributed by atoms with van der Waals surface area (Å²) in [6.45, 7) is 0. The molecule has 3 heteroatoms. The van der Waals surface area contributed by atoms with Crippen LogP contribution in [0.1, 0.15) is 0 Å². The molecule has 0 aromatic carbocycles. The number of halogens is 1. The van der Waals surface area contributed by atoms with Gasteiger partial charge in [0.05, 0.1) is 19.0 Å². The Labute approximate surface area is 34.1 Å². The van der Waals surface area contributed by atoms with E-state index in [1.54, 1.807) is 0 Å². The monoisotopic (exact) mass is 100.0 g/mol. The van der Waals surface area contributed by atoms with Gasteiger partial charge in [0.25, 0.3) is 0 Å². The molecular weight excluding hydrogens is 94.4 g/mol. The molecule has 4 heavy (non-hydrogen) atoms. The molecule has 28 valence electrons. The molecule has 1 unspecified atom stereocenters. The lowest BCUT2D eigenvalue weighted by molar-refractivity contribution is 0.463. The minimum Gasteiger partial charge on any atom is -0.283 e. The maximum absolute atomic E-state index is 4.50. The first-order chi connectivity index (χ1) is 1.41. The molecule has 0 saturated carbocycles. The van der Waals surface area contributed by atoms with E-state index in [0.29, 0.717) is 0 Å². The van der Waals surface area contributed by atoms with Crippen molar-refractivity contribution in [1.82, 2.24) is 0 Å². The Morgan fingerprint density at radius 1 is 1.75 bits per heavy atom. The zero-order chi connectivity index (χ0) is 2.71. The van der Waals surface area contributed by atoms with E-state index in [2.05, 4.69) is 16.2 Å². The van der Waals surface area contributed by atoms with Gasteiger partial charge in [0.15, 0.2) is 0 Å². The molecule has 0 aromatic heterocycles. The van der Waals surface area contributed by atoms with Crippen LogP contribution >= 0.6 is 21.8 Å². The van der Waals surface area contributed by atoms with Crippen LogP contribution in [0.3, 0.4) is 0 Å². The van der Waals surface area contributed by atoms with Crippen LogP contribution in [0.4, 0.5) is 0 Å². The molecule has 0 radical (unpaired) electrons. The molecule has 0 N–H and O–H groups in total. The molecule has 0 heterocycles. The normalized spacial score (nSPS) is 4.50. The second-order valence-electron chi connectivity index (χ2n) is 0.154. The van der Waals surface area contributed by atoms with Crippen molar-refractivity contribution in [2.45, 2.75) is 0 Å². The minimum atomic E-state index is 0. The standard InChI is InChI=1S/CH3ClO.H3P/c1-3-2;/h1H3;1H3. The minimum absolute atomic E-state index is 0. The van der Waals surface area contributed by atoms with Crippen LogP contribution in [0.15, 0.2) is 0 Å². The zero-order valence-electron chi connectivity index (χ0n) is 2.49. The Morgan fingerprint density at radius 2 is 1.75 bits per heavy atom. The van der Waals surface area contributed by atoms with Crippen LogP contribution in [-0.4, -0.2) is 7.11 Å². The average molecular weight is 100 g/mol. The summed E-state index contributed by atoms with van der Waals surface area (Å²) in [6, 6.07) is 0. The Bertz CT molecular complexity index is 8.00. The highest BCUT2D eigenvalue weighted by molar-refractivity contribution is 6.92. The van der Waals surface area contributed by atoms with E-state index in [1.807, 2.05) is 0 Å². The topological polar surface area (TPSA) is 9.23 Å². The largest absolute Gasteiger partial charge is 0.283 e. The summed E-state index contributed by atoms with van der Waals surface area (Å²) in [4.78, 5) is 0. The third-order valence-corrected chi connectivity index (χ3v) is 0. The highest BCUT2D eigenvalue weighted by Gasteiger charge is 1.31. The third-order valence-electron chi connectivity index (χ3n) is 0. The smallest absolute Gasteiger partial charge is 0.0606 e. The van der Waals surface area contributed by atoms with E-state index in [4.69, 9.17) is 0 Å². The first kappa shape index (κ1) is 8.82. The lowest BCUT2D eigenvalue weighted by Crippen LogP contribution is -1.39. The van der Waals surface area contributed by atoms with Crippen molar-refractivity contribution in [2.24, 2.45) is 0 Å². The Hall–Kier alpha value is 0.680. The Balaban J connectivity index is 0. The maximum Gasteiger partial charge on any atom is 0.0606 e. The lowest BCUT2D eigenvalue weighted by Gasteiger charge is -1.54. The number of hydrogen-bond acceptors (Lipinski definition) is 1. The van der Waals surface area contributed by atoms with Gasteiger partial charge in [-0.1, -0.05) is 0 Å². The first-order valence-corrected chi connectivity index (χ1v) is 0.871. The molecule has 0 aliphatic carbocycles. The SMILES string of the molecule is COCl.P. The summed E-state index contributed by atoms with van der Waals surface area (Å²) in [5.74, 6) is 0. The summed E-state index contributed by atoms with van der Waals surface area (Å²) in [7, 11) is 1.39. The van der Waals surface area contributed by atoms with Gasteiger partial charge in [-0.25, -0.2) is 0 Å². The van der Waals surface area contributed by atoms with Crippen molar-refractivity contribution in [1.29, 1.82) is 0 Å². The van der Waals surface area contributed by atoms with Crippen molar-refractivity contribution in [3.05, 3.63) is 0 Å². The molecule has 0 bridgehead atoms. The van der Waals surface area contributed by atoms with Crippen molar-refractivity contribution in [2.75, 3.05) is 7.11 Å². The summed E-state index contributed by atoms with van der Waals surface area (Å²) in [5.41, 5.74) is 0. The number of rotatable bonds is 0. The van der Waals surface area contributed by atoms with E-state index < -0.39 is 0 Å². The molecular formula is CH6ClOP. The second-order valence-corrected chi connectivity index (χ2v) is 0.463. The van der Waals surface area contributed by atoms with Crippen LogP contribution in [-0.2, 0) is 4.29 Å². The van der Waals surface area contributed by atoms with Gasteiger partial charge in [-0.15, -0.1) is 0 Å². The van der Waals surface area contributed by atoms with E-state index in [1.165, 1.54) is 7.11 Å². The average Bonchev–Trinajstić information content (AvgIpc) is 0.918. The third kappa shape index (κ3) is 16.4. The Kier molecular flexibility index (Phi) is 20.7. The van der Waals surface area contributed by atoms with E-state index in [9.17, 15) is 0 Å². The van der Waals surface area contributed by atoms with Crippen LogP contribution in [0.2, 0.25) is 0 Å². The van der Waals surface area contributed by atoms with Gasteiger partial charge in [0, 0.05) is 0 Å². The van der Waals surface area contributed by atoms with Crippen molar-refractivity contribution in [3.8, 4) is 0 Å². The molecule has 1 nitrogen and oxygen atoms in total. The predicted octanol–water partition coefficient (Wildman–Crippen LogP) is 0.845. The van der Waals surface area contributed by atoms with Crippen LogP contribution in [0.25, 0.3) is 0 Å². The molecule has 0 spiro atoms. The van der Waals surface area contributed by atoms with Crippen molar-refractivity contribution >= 4 is 21.8 Å². The van der Waals surface area contributed by atoms with Crippen molar-refractivity contribution < 1.29 is 4.29 Å². The summed E-state index contributed by atoms with van der Waals surface area (Å²) < 4.78 is 3.72. The summed E-state index contributed by atoms with van der Waals surface area (Å²) >= 11 is 4.50. The van der Waals surface area contributed by atoms with Crippen LogP contribution in [0.5, 0.6) is 0 Å². The van der Waals surface area contributed by atoms with Crippen LogP contribution < -0.4 is 0 Å². The molecule has 0 saturated heterocycles. The fraction of sp³-hybridized carbons (Fsp3) is 1.00. The fourth-order valence-electron chi connectivity index (χ4n) is 0. The van der Waals surface area contributed by atoms with Gasteiger partial charge in [-0.3, -0.25) is 4.29 Å². The molecule has 0 aliphatic rings.